The van der Waals surface area contributed by atoms with E-state index in [9.17, 15) is 0 Å². The SMILES string of the molecule is COC[C@H]1CN(Cc2ccc(C)s2)Cc2cn(CC3CCCC3)nc21. The van der Waals surface area contributed by atoms with Crippen molar-refractivity contribution in [1.29, 1.82) is 0 Å². The molecular formula is C20H29N3OS. The predicted octanol–water partition coefficient (Wildman–Crippen LogP) is 4.19. The number of rotatable bonds is 6. The van der Waals surface area contributed by atoms with E-state index in [0.29, 0.717) is 5.92 Å². The molecule has 1 aliphatic heterocycles. The minimum atomic E-state index is 0.389. The monoisotopic (exact) mass is 359 g/mol. The summed E-state index contributed by atoms with van der Waals surface area (Å²) in [6.45, 7) is 7.12. The summed E-state index contributed by atoms with van der Waals surface area (Å²) < 4.78 is 7.73. The lowest BCUT2D eigenvalue weighted by Crippen LogP contribution is -2.34. The van der Waals surface area contributed by atoms with Crippen molar-refractivity contribution in [3.8, 4) is 0 Å². The first kappa shape index (κ1) is 17.3. The van der Waals surface area contributed by atoms with Crippen LogP contribution >= 0.6 is 11.3 Å². The summed E-state index contributed by atoms with van der Waals surface area (Å²) >= 11 is 1.91. The van der Waals surface area contributed by atoms with E-state index >= 15 is 0 Å². The fourth-order valence-electron chi connectivity index (χ4n) is 4.44. The summed E-state index contributed by atoms with van der Waals surface area (Å²) in [5, 5.41) is 4.97. The quantitative estimate of drug-likeness (QED) is 0.775. The molecule has 0 N–H and O–H groups in total. The highest BCUT2D eigenvalue weighted by atomic mass is 32.1. The Morgan fingerprint density at radius 3 is 2.84 bits per heavy atom. The van der Waals surface area contributed by atoms with Gasteiger partial charge < -0.3 is 4.74 Å². The molecular weight excluding hydrogens is 330 g/mol. The second kappa shape index (κ2) is 7.60. The normalized spacial score (nSPS) is 21.8. The van der Waals surface area contributed by atoms with Gasteiger partial charge >= 0.3 is 0 Å². The van der Waals surface area contributed by atoms with Crippen LogP contribution in [0.4, 0.5) is 0 Å². The van der Waals surface area contributed by atoms with Gasteiger partial charge in [0.2, 0.25) is 0 Å². The molecule has 0 aromatic carbocycles. The predicted molar refractivity (Wildman–Crippen MR) is 102 cm³/mol. The fourth-order valence-corrected chi connectivity index (χ4v) is 5.37. The molecule has 1 saturated carbocycles. The molecule has 1 fully saturated rings. The van der Waals surface area contributed by atoms with Crippen LogP contribution in [-0.2, 0) is 24.4 Å². The number of thiophene rings is 1. The van der Waals surface area contributed by atoms with Crippen LogP contribution in [0.3, 0.4) is 0 Å². The molecule has 0 amide bonds. The molecule has 5 heteroatoms. The van der Waals surface area contributed by atoms with Gasteiger partial charge in [0.1, 0.15) is 0 Å². The summed E-state index contributed by atoms with van der Waals surface area (Å²) in [7, 11) is 1.80. The maximum absolute atomic E-state index is 5.51. The van der Waals surface area contributed by atoms with E-state index in [1.807, 2.05) is 11.3 Å². The van der Waals surface area contributed by atoms with Crippen LogP contribution in [0.25, 0.3) is 0 Å². The van der Waals surface area contributed by atoms with Gasteiger partial charge in [0, 0.05) is 60.7 Å². The Morgan fingerprint density at radius 2 is 2.12 bits per heavy atom. The van der Waals surface area contributed by atoms with E-state index in [2.05, 4.69) is 34.8 Å². The van der Waals surface area contributed by atoms with E-state index < -0.39 is 0 Å². The first-order valence-corrected chi connectivity index (χ1v) is 10.4. The van der Waals surface area contributed by atoms with Crippen molar-refractivity contribution in [1.82, 2.24) is 14.7 Å². The number of methoxy groups -OCH3 is 1. The van der Waals surface area contributed by atoms with Crippen LogP contribution < -0.4 is 0 Å². The van der Waals surface area contributed by atoms with Crippen molar-refractivity contribution >= 4 is 11.3 Å². The average Bonchev–Trinajstić information content (AvgIpc) is 3.30. The Balaban J connectivity index is 1.50. The van der Waals surface area contributed by atoms with Crippen LogP contribution in [-0.4, -0.2) is 34.9 Å². The van der Waals surface area contributed by atoms with Crippen molar-refractivity contribution in [2.45, 2.75) is 58.2 Å². The van der Waals surface area contributed by atoms with Crippen molar-refractivity contribution < 1.29 is 4.74 Å². The second-order valence-electron chi connectivity index (χ2n) is 7.75. The van der Waals surface area contributed by atoms with E-state index in [1.165, 1.54) is 46.7 Å². The van der Waals surface area contributed by atoms with Crippen molar-refractivity contribution in [2.24, 2.45) is 5.92 Å². The van der Waals surface area contributed by atoms with Gasteiger partial charge in [-0.05, 0) is 37.8 Å². The van der Waals surface area contributed by atoms with Gasteiger partial charge in [-0.3, -0.25) is 9.58 Å². The third-order valence-electron chi connectivity index (χ3n) is 5.59. The Kier molecular flexibility index (Phi) is 5.25. The molecule has 0 unspecified atom stereocenters. The van der Waals surface area contributed by atoms with Crippen molar-refractivity contribution in [2.75, 3.05) is 20.3 Å². The maximum atomic E-state index is 5.51. The minimum Gasteiger partial charge on any atom is -0.384 e. The molecule has 2 aromatic rings. The highest BCUT2D eigenvalue weighted by Crippen LogP contribution is 2.31. The van der Waals surface area contributed by atoms with Gasteiger partial charge in [-0.2, -0.15) is 5.10 Å². The number of hydrogen-bond donors (Lipinski definition) is 0. The minimum absolute atomic E-state index is 0.389. The van der Waals surface area contributed by atoms with Gasteiger partial charge in [-0.25, -0.2) is 0 Å². The topological polar surface area (TPSA) is 30.3 Å². The van der Waals surface area contributed by atoms with Crippen molar-refractivity contribution in [3.05, 3.63) is 39.3 Å². The molecule has 0 saturated heterocycles. The third kappa shape index (κ3) is 3.99. The molecule has 0 spiro atoms. The lowest BCUT2D eigenvalue weighted by Gasteiger charge is -2.31. The van der Waals surface area contributed by atoms with Crippen LogP contribution in [0.15, 0.2) is 18.3 Å². The number of ether oxygens (including phenoxy) is 1. The first-order valence-electron chi connectivity index (χ1n) is 9.54. The fraction of sp³-hybridized carbons (Fsp3) is 0.650. The second-order valence-corrected chi connectivity index (χ2v) is 9.12. The number of aryl methyl sites for hydroxylation is 1. The van der Waals surface area contributed by atoms with Gasteiger partial charge in [-0.15, -0.1) is 11.3 Å². The summed E-state index contributed by atoms with van der Waals surface area (Å²) in [5.41, 5.74) is 2.68. The molecule has 4 nitrogen and oxygen atoms in total. The molecule has 25 heavy (non-hydrogen) atoms. The first-order chi connectivity index (χ1) is 12.2. The van der Waals surface area contributed by atoms with Gasteiger partial charge in [-0.1, -0.05) is 12.8 Å². The van der Waals surface area contributed by atoms with Gasteiger partial charge in [0.25, 0.3) is 0 Å². The molecule has 2 aromatic heterocycles. The summed E-state index contributed by atoms with van der Waals surface area (Å²) in [6, 6.07) is 4.49. The van der Waals surface area contributed by atoms with Crippen LogP contribution in [0, 0.1) is 12.8 Å². The van der Waals surface area contributed by atoms with E-state index in [4.69, 9.17) is 9.84 Å². The van der Waals surface area contributed by atoms with E-state index in [0.717, 1.165) is 38.7 Å². The van der Waals surface area contributed by atoms with E-state index in [-0.39, 0.29) is 0 Å². The molecule has 1 aliphatic carbocycles. The molecule has 136 valence electrons. The highest BCUT2D eigenvalue weighted by Gasteiger charge is 2.29. The zero-order valence-electron chi connectivity index (χ0n) is 15.4. The maximum Gasteiger partial charge on any atom is 0.0736 e. The van der Waals surface area contributed by atoms with Crippen LogP contribution in [0.5, 0.6) is 0 Å². The summed E-state index contributed by atoms with van der Waals surface area (Å²) in [5.74, 6) is 1.21. The molecule has 0 bridgehead atoms. The average molecular weight is 360 g/mol. The molecule has 2 aliphatic rings. The Bertz CT molecular complexity index is 702. The number of aromatic nitrogens is 2. The largest absolute Gasteiger partial charge is 0.384 e. The van der Waals surface area contributed by atoms with Crippen LogP contribution in [0.2, 0.25) is 0 Å². The lowest BCUT2D eigenvalue weighted by molar-refractivity contribution is 0.135. The van der Waals surface area contributed by atoms with Gasteiger partial charge in [0.05, 0.1) is 12.3 Å². The Labute approximate surface area is 154 Å². The number of nitrogens with zero attached hydrogens (tertiary/aromatic N) is 3. The zero-order valence-corrected chi connectivity index (χ0v) is 16.2. The smallest absolute Gasteiger partial charge is 0.0736 e. The summed E-state index contributed by atoms with van der Waals surface area (Å²) in [4.78, 5) is 5.40. The Morgan fingerprint density at radius 1 is 1.28 bits per heavy atom. The zero-order chi connectivity index (χ0) is 17.2. The molecule has 4 rings (SSSR count). The summed E-state index contributed by atoms with van der Waals surface area (Å²) in [6.07, 6.45) is 7.84. The molecule has 1 atom stereocenters. The Hall–Kier alpha value is -1.17. The third-order valence-corrected chi connectivity index (χ3v) is 6.58. The van der Waals surface area contributed by atoms with E-state index in [1.54, 1.807) is 7.11 Å². The highest BCUT2D eigenvalue weighted by molar-refractivity contribution is 7.11. The standard InChI is InChI=1S/C20H29N3OS/c1-15-7-8-19(25-15)13-22-10-17-12-23(9-16-5-3-4-6-16)21-20(17)18(11-22)14-24-2/h7-8,12,16,18H,3-6,9-11,13-14H2,1-2H3/t18-/m1/s1. The molecule has 0 radical (unpaired) electrons. The van der Waals surface area contributed by atoms with Crippen molar-refractivity contribution in [3.63, 3.8) is 0 Å². The number of hydrogen-bond acceptors (Lipinski definition) is 4. The lowest BCUT2D eigenvalue weighted by atomic mass is 9.97. The molecule has 3 heterocycles. The van der Waals surface area contributed by atoms with Gasteiger partial charge in [0.15, 0.2) is 0 Å². The number of fused-ring (bicyclic) bond motifs is 1. The van der Waals surface area contributed by atoms with Crippen LogP contribution in [0.1, 0.15) is 52.6 Å².